The van der Waals surface area contributed by atoms with Crippen LogP contribution in [0.4, 0.5) is 5.69 Å². The minimum absolute atomic E-state index is 0.0577. The fourth-order valence-electron chi connectivity index (χ4n) is 5.87. The first-order chi connectivity index (χ1) is 22.1. The average molecular weight is 703 g/mol. The van der Waals surface area contributed by atoms with E-state index in [1.807, 2.05) is 68.4 Å². The Morgan fingerprint density at radius 2 is 1.48 bits per heavy atom. The van der Waals surface area contributed by atoms with Crippen molar-refractivity contribution in [3.8, 4) is 0 Å². The first-order valence-corrected chi connectivity index (χ1v) is 17.9. The molecule has 2 amide bonds. The summed E-state index contributed by atoms with van der Waals surface area (Å²) in [6.07, 6.45) is 4.21. The van der Waals surface area contributed by atoms with Crippen molar-refractivity contribution in [3.63, 3.8) is 0 Å². The normalized spacial score (nSPS) is 14.1. The molecule has 0 radical (unpaired) electrons. The monoisotopic (exact) mass is 701 g/mol. The number of halogens is 1. The lowest BCUT2D eigenvalue weighted by Crippen LogP contribution is -2.54. The maximum absolute atomic E-state index is 14.6. The number of hydrogen-bond donors (Lipinski definition) is 1. The summed E-state index contributed by atoms with van der Waals surface area (Å²) < 4.78 is 30.3. The second-order valence-corrected chi connectivity index (χ2v) is 14.7. The van der Waals surface area contributed by atoms with Gasteiger partial charge in [-0.3, -0.25) is 13.9 Å². The van der Waals surface area contributed by atoms with Gasteiger partial charge >= 0.3 is 0 Å². The molecule has 240 valence electrons. The third-order valence-electron chi connectivity index (χ3n) is 8.58. The van der Waals surface area contributed by atoms with Crippen LogP contribution in [0.5, 0.6) is 0 Å². The van der Waals surface area contributed by atoms with E-state index in [1.54, 1.807) is 53.4 Å². The molecule has 0 spiro atoms. The molecule has 4 aromatic carbocycles. The molecule has 1 aliphatic carbocycles. The third kappa shape index (κ3) is 8.25. The van der Waals surface area contributed by atoms with E-state index in [2.05, 4.69) is 21.2 Å². The van der Waals surface area contributed by atoms with Gasteiger partial charge in [0.2, 0.25) is 11.8 Å². The number of amides is 2. The maximum atomic E-state index is 14.6. The van der Waals surface area contributed by atoms with Gasteiger partial charge in [0.15, 0.2) is 0 Å². The lowest BCUT2D eigenvalue weighted by Gasteiger charge is -2.34. The lowest BCUT2D eigenvalue weighted by atomic mass is 10.0. The van der Waals surface area contributed by atoms with E-state index in [4.69, 9.17) is 0 Å². The van der Waals surface area contributed by atoms with Gasteiger partial charge in [-0.05, 0) is 79.8 Å². The van der Waals surface area contributed by atoms with Gasteiger partial charge in [0.05, 0.1) is 10.6 Å². The molecule has 0 heterocycles. The van der Waals surface area contributed by atoms with E-state index in [0.717, 1.165) is 56.7 Å². The van der Waals surface area contributed by atoms with Gasteiger partial charge in [-0.1, -0.05) is 101 Å². The third-order valence-corrected chi connectivity index (χ3v) is 10.9. The van der Waals surface area contributed by atoms with Crippen molar-refractivity contribution in [1.29, 1.82) is 0 Å². The summed E-state index contributed by atoms with van der Waals surface area (Å²) in [6, 6.07) is 30.0. The van der Waals surface area contributed by atoms with E-state index in [9.17, 15) is 18.0 Å². The molecule has 1 fully saturated rings. The maximum Gasteiger partial charge on any atom is 0.264 e. The van der Waals surface area contributed by atoms with E-state index in [1.165, 1.54) is 0 Å². The summed E-state index contributed by atoms with van der Waals surface area (Å²) >= 11 is 3.43. The smallest absolute Gasteiger partial charge is 0.264 e. The molecule has 46 heavy (non-hydrogen) atoms. The van der Waals surface area contributed by atoms with Gasteiger partial charge in [0.1, 0.15) is 12.6 Å². The van der Waals surface area contributed by atoms with Crippen LogP contribution in [0, 0.1) is 13.8 Å². The van der Waals surface area contributed by atoms with Gasteiger partial charge < -0.3 is 10.2 Å². The largest absolute Gasteiger partial charge is 0.352 e. The lowest BCUT2D eigenvalue weighted by molar-refractivity contribution is -0.140. The van der Waals surface area contributed by atoms with E-state index in [-0.39, 0.29) is 23.4 Å². The number of nitrogens with one attached hydrogen (secondary N) is 1. The van der Waals surface area contributed by atoms with Gasteiger partial charge in [-0.2, -0.15) is 0 Å². The van der Waals surface area contributed by atoms with Crippen LogP contribution in [-0.2, 0) is 32.6 Å². The fourth-order valence-corrected chi connectivity index (χ4v) is 7.54. The zero-order chi connectivity index (χ0) is 32.7. The van der Waals surface area contributed by atoms with E-state index < -0.39 is 28.5 Å². The summed E-state index contributed by atoms with van der Waals surface area (Å²) in [6.45, 7) is 3.53. The van der Waals surface area contributed by atoms with Crippen molar-refractivity contribution in [3.05, 3.63) is 130 Å². The standard InChI is InChI=1S/C37H40BrN3O4S/c1-27-16-22-34(23-17-27)46(44,45)41(33-20-18-31(38)19-21-33)26-36(42)40(25-30-13-7-6-10-28(30)2)35(24-29-11-4-3-5-12-29)37(43)39-32-14-8-9-15-32/h3-7,10-13,16-23,32,35H,8-9,14-15,24-26H2,1-2H3,(H,39,43)/t35-/m1/s1. The number of carbonyl (C=O) groups excluding carboxylic acids is 2. The SMILES string of the molecule is Cc1ccc(S(=O)(=O)N(CC(=O)N(Cc2ccccc2C)[C@H](Cc2ccccc2)C(=O)NC2CCCC2)c2ccc(Br)cc2)cc1. The molecule has 9 heteroatoms. The molecule has 0 aromatic heterocycles. The Hall–Kier alpha value is -3.95. The Labute approximate surface area is 280 Å². The molecule has 0 unspecified atom stereocenters. The average Bonchev–Trinajstić information content (AvgIpc) is 3.56. The minimum Gasteiger partial charge on any atom is -0.352 e. The second-order valence-electron chi connectivity index (χ2n) is 11.9. The highest BCUT2D eigenvalue weighted by molar-refractivity contribution is 9.10. The van der Waals surface area contributed by atoms with Crippen LogP contribution in [-0.4, -0.2) is 43.8 Å². The zero-order valence-corrected chi connectivity index (χ0v) is 28.6. The van der Waals surface area contributed by atoms with Crippen molar-refractivity contribution in [1.82, 2.24) is 10.2 Å². The Bertz CT molecular complexity index is 1740. The number of hydrogen-bond acceptors (Lipinski definition) is 4. The summed E-state index contributed by atoms with van der Waals surface area (Å²) in [4.78, 5) is 30.4. The summed E-state index contributed by atoms with van der Waals surface area (Å²) in [5, 5.41) is 3.22. The molecular formula is C37H40BrN3O4S. The fraction of sp³-hybridized carbons (Fsp3) is 0.297. The van der Waals surface area contributed by atoms with Crippen molar-refractivity contribution >= 4 is 43.5 Å². The summed E-state index contributed by atoms with van der Waals surface area (Å²) in [5.41, 5.74) is 4.05. The van der Waals surface area contributed by atoms with Crippen LogP contribution in [0.25, 0.3) is 0 Å². The van der Waals surface area contributed by atoms with E-state index >= 15 is 0 Å². The van der Waals surface area contributed by atoms with Crippen LogP contribution in [0.3, 0.4) is 0 Å². The molecule has 1 aliphatic rings. The van der Waals surface area contributed by atoms with Gasteiger partial charge in [-0.15, -0.1) is 0 Å². The molecule has 4 aromatic rings. The number of carbonyl (C=O) groups is 2. The van der Waals surface area contributed by atoms with Crippen LogP contribution in [0.2, 0.25) is 0 Å². The highest BCUT2D eigenvalue weighted by Crippen LogP contribution is 2.27. The van der Waals surface area contributed by atoms with Crippen LogP contribution in [0.15, 0.2) is 112 Å². The molecule has 5 rings (SSSR count). The summed E-state index contributed by atoms with van der Waals surface area (Å²) in [7, 11) is -4.15. The van der Waals surface area contributed by atoms with Gasteiger partial charge in [0, 0.05) is 23.5 Å². The van der Waals surface area contributed by atoms with Crippen molar-refractivity contribution in [2.75, 3.05) is 10.8 Å². The van der Waals surface area contributed by atoms with Crippen molar-refractivity contribution in [2.45, 2.75) is 69.5 Å². The van der Waals surface area contributed by atoms with Crippen LogP contribution >= 0.6 is 15.9 Å². The number of nitrogens with zero attached hydrogens (tertiary/aromatic N) is 2. The van der Waals surface area contributed by atoms with Crippen LogP contribution < -0.4 is 9.62 Å². The molecule has 0 aliphatic heterocycles. The molecule has 1 atom stereocenters. The minimum atomic E-state index is -4.15. The highest BCUT2D eigenvalue weighted by atomic mass is 79.9. The first-order valence-electron chi connectivity index (χ1n) is 15.6. The first kappa shape index (κ1) is 33.4. The Morgan fingerprint density at radius 3 is 2.13 bits per heavy atom. The predicted molar refractivity (Wildman–Crippen MR) is 186 cm³/mol. The molecule has 1 saturated carbocycles. The molecule has 7 nitrogen and oxygen atoms in total. The zero-order valence-electron chi connectivity index (χ0n) is 26.2. The molecular weight excluding hydrogens is 662 g/mol. The number of sulfonamides is 1. The Morgan fingerprint density at radius 1 is 0.848 bits per heavy atom. The quantitative estimate of drug-likeness (QED) is 0.173. The van der Waals surface area contributed by atoms with Gasteiger partial charge in [0.25, 0.3) is 10.0 Å². The molecule has 0 bridgehead atoms. The number of aryl methyl sites for hydroxylation is 2. The topological polar surface area (TPSA) is 86.8 Å². The number of rotatable bonds is 12. The number of benzene rings is 4. The molecule has 0 saturated heterocycles. The summed E-state index contributed by atoms with van der Waals surface area (Å²) in [5.74, 6) is -0.696. The van der Waals surface area contributed by atoms with Crippen LogP contribution in [0.1, 0.15) is 47.9 Å². The Kier molecular flexibility index (Phi) is 11.0. The van der Waals surface area contributed by atoms with Crippen molar-refractivity contribution in [2.24, 2.45) is 0 Å². The number of anilines is 1. The van der Waals surface area contributed by atoms with Gasteiger partial charge in [-0.25, -0.2) is 8.42 Å². The van der Waals surface area contributed by atoms with E-state index in [0.29, 0.717) is 12.1 Å². The van der Waals surface area contributed by atoms with Crippen molar-refractivity contribution < 1.29 is 18.0 Å². The Balaban J connectivity index is 1.57. The molecule has 1 N–H and O–H groups in total. The highest BCUT2D eigenvalue weighted by Gasteiger charge is 2.35. The second kappa shape index (κ2) is 15.1. The predicted octanol–water partition coefficient (Wildman–Crippen LogP) is 6.96.